The maximum atomic E-state index is 15.6. The Balaban J connectivity index is 1.82. The fourth-order valence-corrected chi connectivity index (χ4v) is 2.92. The number of nitrogens with zero attached hydrogens (tertiary/aromatic N) is 1. The molecule has 0 aliphatic heterocycles. The van der Waals surface area contributed by atoms with E-state index in [1.54, 1.807) is 36.4 Å². The Morgan fingerprint density at radius 1 is 0.943 bits per heavy atom. The van der Waals surface area contributed by atoms with Gasteiger partial charge in [-0.25, -0.2) is 23.2 Å². The van der Waals surface area contributed by atoms with Crippen molar-refractivity contribution in [1.82, 2.24) is 9.55 Å². The van der Waals surface area contributed by atoms with E-state index < -0.39 is 54.7 Å². The van der Waals surface area contributed by atoms with Gasteiger partial charge in [-0.3, -0.25) is 14.3 Å². The van der Waals surface area contributed by atoms with Crippen LogP contribution < -0.4 is 11.2 Å². The predicted octanol–water partition coefficient (Wildman–Crippen LogP) is 2.79. The van der Waals surface area contributed by atoms with E-state index in [0.717, 1.165) is 23.8 Å². The van der Waals surface area contributed by atoms with Crippen LogP contribution in [0.25, 0.3) is 0 Å². The summed E-state index contributed by atoms with van der Waals surface area (Å²) in [6.07, 6.45) is -3.08. The summed E-state index contributed by atoms with van der Waals surface area (Å²) < 4.78 is 45.9. The van der Waals surface area contributed by atoms with E-state index in [1.165, 1.54) is 24.3 Å². The molecule has 11 heteroatoms. The van der Waals surface area contributed by atoms with Gasteiger partial charge in [0.15, 0.2) is 19.0 Å². The second kappa shape index (κ2) is 11.3. The van der Waals surface area contributed by atoms with Crippen molar-refractivity contribution in [1.29, 1.82) is 0 Å². The van der Waals surface area contributed by atoms with E-state index in [-0.39, 0.29) is 11.1 Å². The highest BCUT2D eigenvalue weighted by Crippen LogP contribution is 2.28. The molecule has 1 N–H and O–H groups in total. The summed E-state index contributed by atoms with van der Waals surface area (Å²) in [5, 5.41) is 0. The lowest BCUT2D eigenvalue weighted by atomic mass is 10.2. The Morgan fingerprint density at radius 3 is 2.00 bits per heavy atom. The van der Waals surface area contributed by atoms with Gasteiger partial charge in [0.1, 0.15) is 6.61 Å². The molecule has 0 unspecified atom stereocenters. The summed E-state index contributed by atoms with van der Waals surface area (Å²) in [6.45, 7) is -1.07. The minimum Gasteiger partial charge on any atom is -0.457 e. The average molecular weight is 488 g/mol. The minimum atomic E-state index is -3.23. The van der Waals surface area contributed by atoms with Gasteiger partial charge in [0.2, 0.25) is 0 Å². The monoisotopic (exact) mass is 488 g/mol. The molecule has 9 nitrogen and oxygen atoms in total. The van der Waals surface area contributed by atoms with Crippen LogP contribution in [0.2, 0.25) is 0 Å². The molecule has 3 atom stereocenters. The van der Waals surface area contributed by atoms with Crippen molar-refractivity contribution < 1.29 is 32.6 Å². The Hall–Kier alpha value is -4.12. The number of aromatic amines is 1. The summed E-state index contributed by atoms with van der Waals surface area (Å²) in [5.41, 5.74) is -1.49. The van der Waals surface area contributed by atoms with Gasteiger partial charge in [-0.15, -0.1) is 0 Å². The number of H-pyrrole nitrogens is 1. The smallest absolute Gasteiger partial charge is 0.338 e. The zero-order valence-corrected chi connectivity index (χ0v) is 18.6. The quantitative estimate of drug-likeness (QED) is 0.436. The van der Waals surface area contributed by atoms with Crippen molar-refractivity contribution >= 4 is 11.9 Å². The molecule has 0 saturated carbocycles. The fraction of sp³-hybridized carbons (Fsp3) is 0.250. The molecule has 184 valence electrons. The van der Waals surface area contributed by atoms with Gasteiger partial charge in [-0.2, -0.15) is 0 Å². The van der Waals surface area contributed by atoms with E-state index in [4.69, 9.17) is 14.2 Å². The highest BCUT2D eigenvalue weighted by atomic mass is 19.2. The number of ether oxygens (including phenoxy) is 3. The van der Waals surface area contributed by atoms with E-state index >= 15 is 4.39 Å². The third-order valence-corrected chi connectivity index (χ3v) is 4.86. The molecule has 0 amide bonds. The maximum Gasteiger partial charge on any atom is 0.338 e. The summed E-state index contributed by atoms with van der Waals surface area (Å²) in [6, 6.07) is 16.4. The number of hydrogen-bond donors (Lipinski definition) is 1. The number of rotatable bonds is 10. The number of halogens is 2. The molecule has 0 bridgehead atoms. The molecule has 0 fully saturated rings. The maximum absolute atomic E-state index is 15.6. The highest BCUT2D eigenvalue weighted by molar-refractivity contribution is 5.89. The summed E-state index contributed by atoms with van der Waals surface area (Å²) in [7, 11) is 0. The van der Waals surface area contributed by atoms with Crippen LogP contribution in [0.15, 0.2) is 82.5 Å². The van der Waals surface area contributed by atoms with Crippen LogP contribution in [0.1, 0.15) is 33.9 Å². The van der Waals surface area contributed by atoms with Crippen LogP contribution in [0.4, 0.5) is 8.78 Å². The third kappa shape index (κ3) is 6.70. The van der Waals surface area contributed by atoms with Crippen molar-refractivity contribution in [2.75, 3.05) is 13.2 Å². The van der Waals surface area contributed by atoms with Gasteiger partial charge in [-0.1, -0.05) is 36.4 Å². The number of carbonyl (C=O) groups excluding carboxylic acids is 2. The molecule has 0 spiro atoms. The molecule has 3 rings (SSSR count). The van der Waals surface area contributed by atoms with Crippen molar-refractivity contribution in [3.8, 4) is 0 Å². The van der Waals surface area contributed by atoms with Crippen molar-refractivity contribution in [3.63, 3.8) is 0 Å². The number of aromatic nitrogens is 2. The molecular weight excluding hydrogens is 466 g/mol. The second-order valence-corrected chi connectivity index (χ2v) is 7.40. The SMILES string of the molecule is C[C@H](F)[C@@](F)(COC(=O)c1ccccc1)O[C@H](COC(=O)c1ccccc1)n1ccc(=O)[nH]c1=O. The van der Waals surface area contributed by atoms with Crippen LogP contribution >= 0.6 is 0 Å². The Bertz CT molecular complexity index is 1260. The van der Waals surface area contributed by atoms with Crippen molar-refractivity contribution in [2.45, 2.75) is 25.2 Å². The third-order valence-electron chi connectivity index (χ3n) is 4.86. The zero-order valence-electron chi connectivity index (χ0n) is 18.6. The van der Waals surface area contributed by atoms with E-state index in [2.05, 4.69) is 0 Å². The Labute approximate surface area is 197 Å². The average Bonchev–Trinajstić information content (AvgIpc) is 2.86. The summed E-state index contributed by atoms with van der Waals surface area (Å²) >= 11 is 0. The van der Waals surface area contributed by atoms with Gasteiger partial charge in [0, 0.05) is 12.3 Å². The lowest BCUT2D eigenvalue weighted by Gasteiger charge is -2.31. The van der Waals surface area contributed by atoms with Crippen LogP contribution in [0, 0.1) is 0 Å². The minimum absolute atomic E-state index is 0.103. The molecule has 35 heavy (non-hydrogen) atoms. The molecular formula is C24H22F2N2O7. The van der Waals surface area contributed by atoms with Gasteiger partial charge < -0.3 is 14.2 Å². The van der Waals surface area contributed by atoms with Crippen LogP contribution in [-0.2, 0) is 14.2 Å². The van der Waals surface area contributed by atoms with Gasteiger partial charge in [0.05, 0.1) is 11.1 Å². The first kappa shape index (κ1) is 25.5. The van der Waals surface area contributed by atoms with Gasteiger partial charge in [-0.05, 0) is 31.2 Å². The fourth-order valence-electron chi connectivity index (χ4n) is 2.92. The number of alkyl halides is 2. The van der Waals surface area contributed by atoms with Crippen LogP contribution in [0.3, 0.4) is 0 Å². The molecule has 0 aliphatic carbocycles. The number of nitrogens with one attached hydrogen (secondary N) is 1. The molecule has 3 aromatic rings. The standard InChI is InChI=1S/C24H22F2N2O7/c1-16(25)24(26,15-34-22(31)18-10-6-3-7-11-18)35-20(28-13-12-19(29)27-23(28)32)14-33-21(30)17-8-4-2-5-9-17/h2-13,16,20H,14-15H2,1H3,(H,27,29,32)/t16-,20+,24+/m0/s1. The molecule has 0 radical (unpaired) electrons. The molecule has 1 aromatic heterocycles. The number of hydrogen-bond acceptors (Lipinski definition) is 7. The largest absolute Gasteiger partial charge is 0.457 e. The van der Waals surface area contributed by atoms with Gasteiger partial charge >= 0.3 is 17.6 Å². The van der Waals surface area contributed by atoms with Crippen molar-refractivity contribution in [3.05, 3.63) is 105 Å². The predicted molar refractivity (Wildman–Crippen MR) is 119 cm³/mol. The lowest BCUT2D eigenvalue weighted by Crippen LogP contribution is -2.46. The first-order valence-corrected chi connectivity index (χ1v) is 10.5. The Morgan fingerprint density at radius 2 is 1.49 bits per heavy atom. The zero-order chi connectivity index (χ0) is 25.4. The molecule has 0 saturated heterocycles. The van der Waals surface area contributed by atoms with Gasteiger partial charge in [0.25, 0.3) is 11.4 Å². The van der Waals surface area contributed by atoms with Crippen LogP contribution in [-0.4, -0.2) is 46.7 Å². The first-order valence-electron chi connectivity index (χ1n) is 10.5. The van der Waals surface area contributed by atoms with E-state index in [0.29, 0.717) is 0 Å². The first-order chi connectivity index (χ1) is 16.7. The topological polar surface area (TPSA) is 117 Å². The molecule has 2 aromatic carbocycles. The number of esters is 2. The number of carbonyl (C=O) groups is 2. The normalized spacial score (nSPS) is 14.4. The number of benzene rings is 2. The van der Waals surface area contributed by atoms with Crippen molar-refractivity contribution in [2.24, 2.45) is 0 Å². The molecule has 1 heterocycles. The molecule has 0 aliphatic rings. The van der Waals surface area contributed by atoms with Crippen LogP contribution in [0.5, 0.6) is 0 Å². The highest BCUT2D eigenvalue weighted by Gasteiger charge is 2.43. The lowest BCUT2D eigenvalue weighted by molar-refractivity contribution is -0.254. The van der Waals surface area contributed by atoms with E-state index in [9.17, 15) is 23.6 Å². The summed E-state index contributed by atoms with van der Waals surface area (Å²) in [4.78, 5) is 50.2. The Kier molecular flexibility index (Phi) is 8.26. The second-order valence-electron chi connectivity index (χ2n) is 7.40. The van der Waals surface area contributed by atoms with E-state index in [1.807, 2.05) is 4.98 Å². The summed E-state index contributed by atoms with van der Waals surface area (Å²) in [5.74, 6) is -4.97.